The second kappa shape index (κ2) is 10.4. The van der Waals surface area contributed by atoms with Crippen LogP contribution in [0.15, 0.2) is 83.8 Å². The third-order valence-corrected chi connectivity index (χ3v) is 7.15. The number of hydrogen-bond donors (Lipinski definition) is 2. The van der Waals surface area contributed by atoms with Crippen LogP contribution in [0.25, 0.3) is 16.6 Å². The molecule has 10 heteroatoms. The highest BCUT2D eigenvalue weighted by Crippen LogP contribution is 2.31. The van der Waals surface area contributed by atoms with Crippen LogP contribution < -0.4 is 5.32 Å². The minimum Gasteiger partial charge on any atom is -0.478 e. The van der Waals surface area contributed by atoms with Gasteiger partial charge in [-0.25, -0.2) is 9.31 Å². The molecule has 0 aliphatic carbocycles. The Morgan fingerprint density at radius 1 is 1.05 bits per heavy atom. The summed E-state index contributed by atoms with van der Waals surface area (Å²) in [6.07, 6.45) is -0.698. The van der Waals surface area contributed by atoms with E-state index in [1.54, 1.807) is 35.8 Å². The van der Waals surface area contributed by atoms with Gasteiger partial charge >= 0.3 is 12.1 Å². The third-order valence-electron chi connectivity index (χ3n) is 6.47. The molecule has 0 bridgehead atoms. The number of carbonyl (C=O) groups is 2. The molecule has 0 spiro atoms. The number of halogens is 3. The molecule has 0 aliphatic heterocycles. The molecule has 0 fully saturated rings. The molecule has 0 radical (unpaired) electrons. The number of aromatic carboxylic acids is 1. The molecule has 1 atom stereocenters. The van der Waals surface area contributed by atoms with Crippen LogP contribution >= 0.6 is 11.3 Å². The quantitative estimate of drug-likeness (QED) is 0.232. The second-order valence-corrected chi connectivity index (χ2v) is 9.89. The Labute approximate surface area is 225 Å². The number of carboxylic acid groups (broad SMARTS) is 1. The van der Waals surface area contributed by atoms with Gasteiger partial charge in [0.15, 0.2) is 0 Å². The summed E-state index contributed by atoms with van der Waals surface area (Å²) in [6.45, 7) is 1.80. The zero-order chi connectivity index (χ0) is 27.7. The summed E-state index contributed by atoms with van der Waals surface area (Å²) in [7, 11) is 0. The molecule has 0 aliphatic rings. The van der Waals surface area contributed by atoms with Crippen molar-refractivity contribution in [1.82, 2.24) is 14.9 Å². The number of hydrogen-bond acceptors (Lipinski definition) is 4. The van der Waals surface area contributed by atoms with Gasteiger partial charge in [0.05, 0.1) is 34.4 Å². The van der Waals surface area contributed by atoms with Crippen molar-refractivity contribution in [2.45, 2.75) is 25.6 Å². The molecular weight excluding hydrogens is 527 g/mol. The first-order valence-corrected chi connectivity index (χ1v) is 12.9. The number of nitrogens with one attached hydrogen (secondary N) is 1. The lowest BCUT2D eigenvalue weighted by Crippen LogP contribution is -2.27. The number of pyridine rings is 1. The highest BCUT2D eigenvalue weighted by molar-refractivity contribution is 7.08. The maximum Gasteiger partial charge on any atom is 0.416 e. The fraction of sp³-hybridized carbons (Fsp3) is 0.138. The van der Waals surface area contributed by atoms with E-state index in [1.165, 1.54) is 35.6 Å². The van der Waals surface area contributed by atoms with Gasteiger partial charge in [-0.15, -0.1) is 0 Å². The topological polar surface area (TPSA) is 83.7 Å². The Kier molecular flexibility index (Phi) is 6.96. The molecule has 0 saturated heterocycles. The van der Waals surface area contributed by atoms with Crippen molar-refractivity contribution < 1.29 is 27.9 Å². The third kappa shape index (κ3) is 5.56. The van der Waals surface area contributed by atoms with Crippen LogP contribution in [-0.4, -0.2) is 26.6 Å². The lowest BCUT2D eigenvalue weighted by Gasteiger charge is -2.16. The molecule has 198 valence electrons. The fourth-order valence-corrected chi connectivity index (χ4v) is 5.04. The van der Waals surface area contributed by atoms with Gasteiger partial charge < -0.3 is 10.4 Å². The van der Waals surface area contributed by atoms with Gasteiger partial charge in [-0.05, 0) is 70.8 Å². The summed E-state index contributed by atoms with van der Waals surface area (Å²) < 4.78 is 40.6. The first-order chi connectivity index (χ1) is 18.6. The second-order valence-electron chi connectivity index (χ2n) is 9.11. The number of fused-ring (bicyclic) bond motifs is 1. The molecule has 0 unspecified atom stereocenters. The molecule has 2 N–H and O–H groups in total. The van der Waals surface area contributed by atoms with Crippen molar-refractivity contribution in [1.29, 1.82) is 0 Å². The van der Waals surface area contributed by atoms with E-state index in [9.17, 15) is 22.8 Å². The maximum absolute atomic E-state index is 13.6. The van der Waals surface area contributed by atoms with E-state index in [4.69, 9.17) is 5.11 Å². The first-order valence-electron chi connectivity index (χ1n) is 11.9. The molecular formula is C29H22F3N3O3S. The number of amides is 1. The van der Waals surface area contributed by atoms with Crippen molar-refractivity contribution in [3.63, 3.8) is 0 Å². The van der Waals surface area contributed by atoms with Crippen LogP contribution in [0.2, 0.25) is 0 Å². The number of thiophene rings is 1. The highest BCUT2D eigenvalue weighted by Gasteiger charge is 2.30. The molecule has 0 saturated carbocycles. The number of alkyl halides is 3. The number of benzene rings is 2. The van der Waals surface area contributed by atoms with Crippen molar-refractivity contribution in [3.05, 3.63) is 117 Å². The number of carboxylic acids is 1. The summed E-state index contributed by atoms with van der Waals surface area (Å²) in [4.78, 5) is 24.8. The molecule has 5 aromatic rings. The first kappa shape index (κ1) is 26.2. The predicted molar refractivity (Wildman–Crippen MR) is 142 cm³/mol. The van der Waals surface area contributed by atoms with Crippen LogP contribution in [0.5, 0.6) is 0 Å². The van der Waals surface area contributed by atoms with Crippen LogP contribution in [0.1, 0.15) is 55.9 Å². The van der Waals surface area contributed by atoms with Crippen molar-refractivity contribution >= 4 is 28.7 Å². The fourth-order valence-electron chi connectivity index (χ4n) is 4.38. The van der Waals surface area contributed by atoms with Gasteiger partial charge in [0.2, 0.25) is 0 Å². The molecule has 5 rings (SSSR count). The van der Waals surface area contributed by atoms with Crippen molar-refractivity contribution in [2.75, 3.05) is 0 Å². The zero-order valence-electron chi connectivity index (χ0n) is 20.6. The molecule has 2 aromatic carbocycles. The number of nitrogens with zero attached hydrogens (tertiary/aromatic N) is 2. The number of aromatic nitrogens is 2. The Hall–Kier alpha value is -4.44. The van der Waals surface area contributed by atoms with E-state index in [0.29, 0.717) is 22.2 Å². The number of rotatable bonds is 7. The molecule has 3 heterocycles. The smallest absolute Gasteiger partial charge is 0.416 e. The summed E-state index contributed by atoms with van der Waals surface area (Å²) >= 11 is 1.52. The van der Waals surface area contributed by atoms with E-state index < -0.39 is 23.8 Å². The Balaban J connectivity index is 1.50. The maximum atomic E-state index is 13.6. The standard InChI is InChI=1S/C29H22F3N3O3S/c1-17(19-4-6-20(7-5-19)28(37)38)34-27(36)25-13-23(21-10-11-39-16-21)15-35-26(25)22(14-33-35)12-18-2-8-24(9-3-18)29(30,31)32/h2-11,13-17H,12H2,1H3,(H,34,36)(H,37,38)/t17-/m0/s1. The van der Waals surface area contributed by atoms with Crippen LogP contribution in [0, 0.1) is 0 Å². The molecule has 6 nitrogen and oxygen atoms in total. The minimum absolute atomic E-state index is 0.148. The Morgan fingerprint density at radius 3 is 2.38 bits per heavy atom. The van der Waals surface area contributed by atoms with Crippen LogP contribution in [0.3, 0.4) is 0 Å². The molecule has 1 amide bonds. The van der Waals surface area contributed by atoms with Crippen LogP contribution in [0.4, 0.5) is 13.2 Å². The van der Waals surface area contributed by atoms with Crippen LogP contribution in [-0.2, 0) is 12.6 Å². The Bertz CT molecular complexity index is 1640. The minimum atomic E-state index is -4.42. The van der Waals surface area contributed by atoms with E-state index >= 15 is 0 Å². The Morgan fingerprint density at radius 2 is 1.77 bits per heavy atom. The summed E-state index contributed by atoms with van der Waals surface area (Å²) in [5.41, 5.74) is 4.13. The average Bonchev–Trinajstić information content (AvgIpc) is 3.59. The van der Waals surface area contributed by atoms with Gasteiger partial charge in [-0.3, -0.25) is 4.79 Å². The molecule has 3 aromatic heterocycles. The monoisotopic (exact) mass is 549 g/mol. The van der Waals surface area contributed by atoms with Gasteiger partial charge in [0, 0.05) is 23.7 Å². The van der Waals surface area contributed by atoms with Gasteiger partial charge in [0.1, 0.15) is 0 Å². The van der Waals surface area contributed by atoms with Gasteiger partial charge in [0.25, 0.3) is 5.91 Å². The van der Waals surface area contributed by atoms with Crippen molar-refractivity contribution in [3.8, 4) is 11.1 Å². The zero-order valence-corrected chi connectivity index (χ0v) is 21.4. The predicted octanol–water partition coefficient (Wildman–Crippen LogP) is 6.86. The largest absolute Gasteiger partial charge is 0.478 e. The number of carbonyl (C=O) groups excluding carboxylic acids is 1. The summed E-state index contributed by atoms with van der Waals surface area (Å²) in [6, 6.07) is 14.5. The average molecular weight is 550 g/mol. The lowest BCUT2D eigenvalue weighted by atomic mass is 10.00. The van der Waals surface area contributed by atoms with Crippen molar-refractivity contribution in [2.24, 2.45) is 0 Å². The highest BCUT2D eigenvalue weighted by atomic mass is 32.1. The lowest BCUT2D eigenvalue weighted by molar-refractivity contribution is -0.137. The SMILES string of the molecule is C[C@H](NC(=O)c1cc(-c2ccsc2)cn2ncc(Cc3ccc(C(F)(F)F)cc3)c12)c1ccc(C(=O)O)cc1. The van der Waals surface area contributed by atoms with E-state index in [1.807, 2.05) is 23.0 Å². The molecule has 39 heavy (non-hydrogen) atoms. The van der Waals surface area contributed by atoms with Gasteiger partial charge in [-0.2, -0.15) is 29.6 Å². The van der Waals surface area contributed by atoms with E-state index in [-0.39, 0.29) is 17.9 Å². The van der Waals surface area contributed by atoms with E-state index in [0.717, 1.165) is 28.8 Å². The summed E-state index contributed by atoms with van der Waals surface area (Å²) in [5.74, 6) is -1.40. The van der Waals surface area contributed by atoms with Gasteiger partial charge in [-0.1, -0.05) is 24.3 Å². The summed E-state index contributed by atoms with van der Waals surface area (Å²) in [5, 5.41) is 20.5. The van der Waals surface area contributed by atoms with E-state index in [2.05, 4.69) is 10.4 Å². The normalized spacial score (nSPS) is 12.4.